The summed E-state index contributed by atoms with van der Waals surface area (Å²) >= 11 is 0. The fourth-order valence-electron chi connectivity index (χ4n) is 2.60. The zero-order valence-electron chi connectivity index (χ0n) is 11.7. The number of rotatable bonds is 3. The zero-order chi connectivity index (χ0) is 14.2. The molecule has 6 heteroatoms. The standard InChI is InChI=1S/C15H18N4O2/c16-11-4-6-13(20-8-11)15-19-18-14(21-15)10-3-5-12(17-7-10)9-1-2-9/h3,5,7,9,11,13H,1-2,4,6,8,16H2/t11-,13+/m1/s1. The van der Waals surface area contributed by atoms with E-state index in [9.17, 15) is 0 Å². The van der Waals surface area contributed by atoms with E-state index in [1.54, 1.807) is 0 Å². The number of hydrogen-bond acceptors (Lipinski definition) is 6. The van der Waals surface area contributed by atoms with Gasteiger partial charge in [0.05, 0.1) is 12.2 Å². The van der Waals surface area contributed by atoms with Crippen LogP contribution in [0.2, 0.25) is 0 Å². The molecule has 6 nitrogen and oxygen atoms in total. The van der Waals surface area contributed by atoms with E-state index in [0.717, 1.165) is 24.1 Å². The molecule has 1 saturated carbocycles. The normalized spacial score (nSPS) is 26.0. The van der Waals surface area contributed by atoms with Gasteiger partial charge in [0.2, 0.25) is 11.8 Å². The molecule has 0 radical (unpaired) electrons. The van der Waals surface area contributed by atoms with Crippen LogP contribution in [0.15, 0.2) is 22.7 Å². The summed E-state index contributed by atoms with van der Waals surface area (Å²) in [5, 5.41) is 8.20. The first-order chi connectivity index (χ1) is 10.3. The van der Waals surface area contributed by atoms with E-state index in [-0.39, 0.29) is 12.1 Å². The SMILES string of the molecule is N[C@@H]1CC[C@@H](c2nnc(-c3ccc(C4CC4)nc3)o2)OC1. The Labute approximate surface area is 122 Å². The van der Waals surface area contributed by atoms with Crippen LogP contribution in [0.5, 0.6) is 0 Å². The largest absolute Gasteiger partial charge is 0.418 e. The van der Waals surface area contributed by atoms with Crippen LogP contribution in [0.4, 0.5) is 0 Å². The molecule has 2 aromatic heterocycles. The summed E-state index contributed by atoms with van der Waals surface area (Å²) in [6.45, 7) is 0.542. The number of pyridine rings is 1. The van der Waals surface area contributed by atoms with Gasteiger partial charge in [-0.2, -0.15) is 0 Å². The molecule has 0 bridgehead atoms. The van der Waals surface area contributed by atoms with Gasteiger partial charge in [-0.05, 0) is 37.8 Å². The van der Waals surface area contributed by atoms with Crippen LogP contribution in [0, 0.1) is 0 Å². The monoisotopic (exact) mass is 286 g/mol. The van der Waals surface area contributed by atoms with Crippen molar-refractivity contribution in [3.63, 3.8) is 0 Å². The number of ether oxygens (including phenoxy) is 1. The fourth-order valence-corrected chi connectivity index (χ4v) is 2.60. The summed E-state index contributed by atoms with van der Waals surface area (Å²) in [7, 11) is 0. The molecule has 4 rings (SSSR count). The van der Waals surface area contributed by atoms with Gasteiger partial charge in [0, 0.05) is 23.9 Å². The minimum absolute atomic E-state index is 0.114. The molecule has 3 heterocycles. The Hall–Kier alpha value is -1.79. The van der Waals surface area contributed by atoms with Gasteiger partial charge in [-0.1, -0.05) is 0 Å². The first-order valence-corrected chi connectivity index (χ1v) is 7.46. The highest BCUT2D eigenvalue weighted by Crippen LogP contribution is 2.39. The Balaban J connectivity index is 1.50. The summed E-state index contributed by atoms with van der Waals surface area (Å²) < 4.78 is 11.4. The highest BCUT2D eigenvalue weighted by atomic mass is 16.5. The second kappa shape index (κ2) is 5.20. The number of aromatic nitrogens is 3. The van der Waals surface area contributed by atoms with Crippen LogP contribution < -0.4 is 5.73 Å². The van der Waals surface area contributed by atoms with Crippen molar-refractivity contribution in [2.45, 2.75) is 43.7 Å². The van der Waals surface area contributed by atoms with Crippen molar-refractivity contribution in [2.24, 2.45) is 5.73 Å². The van der Waals surface area contributed by atoms with Crippen LogP contribution >= 0.6 is 0 Å². The maximum absolute atomic E-state index is 5.81. The highest BCUT2D eigenvalue weighted by molar-refractivity contribution is 5.51. The molecule has 1 saturated heterocycles. The Bertz CT molecular complexity index is 613. The molecule has 0 aromatic carbocycles. The average Bonchev–Trinajstić information content (AvgIpc) is 3.26. The van der Waals surface area contributed by atoms with Crippen molar-refractivity contribution in [1.82, 2.24) is 15.2 Å². The number of nitrogens with two attached hydrogens (primary N) is 1. The molecule has 21 heavy (non-hydrogen) atoms. The lowest BCUT2D eigenvalue weighted by atomic mass is 10.1. The highest BCUT2D eigenvalue weighted by Gasteiger charge is 2.27. The molecular formula is C15H18N4O2. The van der Waals surface area contributed by atoms with Crippen LogP contribution in [0.1, 0.15) is 49.3 Å². The lowest BCUT2D eigenvalue weighted by Gasteiger charge is -2.23. The molecule has 1 aliphatic heterocycles. The van der Waals surface area contributed by atoms with Crippen LogP contribution in [0.25, 0.3) is 11.5 Å². The molecule has 110 valence electrons. The van der Waals surface area contributed by atoms with Gasteiger partial charge in [-0.25, -0.2) is 0 Å². The summed E-state index contributed by atoms with van der Waals surface area (Å²) in [6, 6.07) is 4.16. The molecule has 2 aromatic rings. The number of hydrogen-bond donors (Lipinski definition) is 1. The van der Waals surface area contributed by atoms with E-state index in [1.165, 1.54) is 12.8 Å². The summed E-state index contributed by atoms with van der Waals surface area (Å²) in [5.41, 5.74) is 7.82. The summed E-state index contributed by atoms with van der Waals surface area (Å²) in [6.07, 6.45) is 5.91. The molecule has 0 amide bonds. The van der Waals surface area contributed by atoms with Crippen molar-refractivity contribution in [1.29, 1.82) is 0 Å². The second-order valence-electron chi connectivity index (χ2n) is 5.85. The predicted molar refractivity (Wildman–Crippen MR) is 75.4 cm³/mol. The summed E-state index contributed by atoms with van der Waals surface area (Å²) in [4.78, 5) is 4.47. The third kappa shape index (κ3) is 2.69. The predicted octanol–water partition coefficient (Wildman–Crippen LogP) is 2.19. The zero-order valence-corrected chi connectivity index (χ0v) is 11.7. The van der Waals surface area contributed by atoms with E-state index in [4.69, 9.17) is 14.9 Å². The van der Waals surface area contributed by atoms with Gasteiger partial charge in [0.25, 0.3) is 0 Å². The van der Waals surface area contributed by atoms with Crippen LogP contribution in [-0.2, 0) is 4.74 Å². The smallest absolute Gasteiger partial charge is 0.249 e. The molecule has 2 N–H and O–H groups in total. The molecular weight excluding hydrogens is 268 g/mol. The third-order valence-corrected chi connectivity index (χ3v) is 4.06. The lowest BCUT2D eigenvalue weighted by Crippen LogP contribution is -2.32. The topological polar surface area (TPSA) is 87.1 Å². The fraction of sp³-hybridized carbons (Fsp3) is 0.533. The van der Waals surface area contributed by atoms with E-state index < -0.39 is 0 Å². The van der Waals surface area contributed by atoms with E-state index in [0.29, 0.717) is 24.3 Å². The molecule has 0 spiro atoms. The maximum atomic E-state index is 5.81. The van der Waals surface area contributed by atoms with Crippen molar-refractivity contribution >= 4 is 0 Å². The Morgan fingerprint density at radius 1 is 1.10 bits per heavy atom. The van der Waals surface area contributed by atoms with Gasteiger partial charge in [-0.3, -0.25) is 4.98 Å². The average molecular weight is 286 g/mol. The Morgan fingerprint density at radius 2 is 2.00 bits per heavy atom. The second-order valence-corrected chi connectivity index (χ2v) is 5.85. The first-order valence-electron chi connectivity index (χ1n) is 7.46. The molecule has 2 fully saturated rings. The van der Waals surface area contributed by atoms with Crippen LogP contribution in [0.3, 0.4) is 0 Å². The van der Waals surface area contributed by atoms with Gasteiger partial charge in [0.15, 0.2) is 0 Å². The minimum atomic E-state index is -0.134. The molecule has 0 unspecified atom stereocenters. The van der Waals surface area contributed by atoms with Gasteiger partial charge < -0.3 is 14.9 Å². The quantitative estimate of drug-likeness (QED) is 0.930. The van der Waals surface area contributed by atoms with E-state index >= 15 is 0 Å². The minimum Gasteiger partial charge on any atom is -0.418 e. The lowest BCUT2D eigenvalue weighted by molar-refractivity contribution is -0.0111. The van der Waals surface area contributed by atoms with Crippen molar-refractivity contribution < 1.29 is 9.15 Å². The van der Waals surface area contributed by atoms with Crippen molar-refractivity contribution in [2.75, 3.05) is 6.61 Å². The molecule has 2 atom stereocenters. The van der Waals surface area contributed by atoms with E-state index in [1.807, 2.05) is 18.3 Å². The molecule has 1 aliphatic carbocycles. The Kier molecular flexibility index (Phi) is 3.20. The number of nitrogens with zero attached hydrogens (tertiary/aromatic N) is 3. The Morgan fingerprint density at radius 3 is 2.67 bits per heavy atom. The van der Waals surface area contributed by atoms with E-state index in [2.05, 4.69) is 15.2 Å². The van der Waals surface area contributed by atoms with Crippen LogP contribution in [-0.4, -0.2) is 27.8 Å². The third-order valence-electron chi connectivity index (χ3n) is 4.06. The van der Waals surface area contributed by atoms with Crippen molar-refractivity contribution in [3.05, 3.63) is 29.9 Å². The molecule has 2 aliphatic rings. The maximum Gasteiger partial charge on any atom is 0.249 e. The summed E-state index contributed by atoms with van der Waals surface area (Å²) in [5.74, 6) is 1.68. The first kappa shape index (κ1) is 12.9. The van der Waals surface area contributed by atoms with Gasteiger partial charge in [-0.15, -0.1) is 10.2 Å². The van der Waals surface area contributed by atoms with Gasteiger partial charge in [0.1, 0.15) is 6.10 Å². The van der Waals surface area contributed by atoms with Gasteiger partial charge >= 0.3 is 0 Å². The van der Waals surface area contributed by atoms with Crippen molar-refractivity contribution in [3.8, 4) is 11.5 Å².